The predicted octanol–water partition coefficient (Wildman–Crippen LogP) is 1.41. The van der Waals surface area contributed by atoms with Crippen molar-refractivity contribution in [3.05, 3.63) is 33.2 Å². The molecule has 1 atom stereocenters. The summed E-state index contributed by atoms with van der Waals surface area (Å²) < 4.78 is 1.55. The normalized spacial score (nSPS) is 14.3. The second-order valence-electron chi connectivity index (χ2n) is 4.93. The fourth-order valence-corrected chi connectivity index (χ4v) is 2.72. The number of carbonyl (C=O) groups is 1. The molecule has 2 aromatic heterocycles. The van der Waals surface area contributed by atoms with E-state index in [-0.39, 0.29) is 12.1 Å². The standard InChI is InChI=1S/C13H17N3O3S/c1-4-13(3,11(18)19)14-6-9-5-10(17)16-8(2)7-20-12(16)15-9/h5,7,14H,4,6H2,1-3H3,(H,18,19). The Bertz CT molecular complexity index is 706. The summed E-state index contributed by atoms with van der Waals surface area (Å²) in [5, 5.41) is 14.0. The number of aromatic nitrogens is 2. The van der Waals surface area contributed by atoms with Crippen molar-refractivity contribution in [3.8, 4) is 0 Å². The van der Waals surface area contributed by atoms with Crippen molar-refractivity contribution in [2.75, 3.05) is 0 Å². The van der Waals surface area contributed by atoms with E-state index in [1.54, 1.807) is 18.2 Å². The Morgan fingerprint density at radius 1 is 1.60 bits per heavy atom. The first-order valence-corrected chi connectivity index (χ1v) is 7.20. The van der Waals surface area contributed by atoms with Gasteiger partial charge in [0.2, 0.25) is 0 Å². The number of carboxylic acids is 1. The van der Waals surface area contributed by atoms with Crippen molar-refractivity contribution in [2.24, 2.45) is 0 Å². The second-order valence-corrected chi connectivity index (χ2v) is 5.76. The van der Waals surface area contributed by atoms with E-state index in [4.69, 9.17) is 0 Å². The molecule has 0 aliphatic carbocycles. The molecule has 6 nitrogen and oxygen atoms in total. The fourth-order valence-electron chi connectivity index (χ4n) is 1.83. The highest BCUT2D eigenvalue weighted by Gasteiger charge is 2.30. The van der Waals surface area contributed by atoms with Crippen LogP contribution in [0.25, 0.3) is 4.96 Å². The summed E-state index contributed by atoms with van der Waals surface area (Å²) in [6, 6.07) is 1.44. The third-order valence-electron chi connectivity index (χ3n) is 3.47. The lowest BCUT2D eigenvalue weighted by Gasteiger charge is -2.24. The van der Waals surface area contributed by atoms with E-state index < -0.39 is 11.5 Å². The summed E-state index contributed by atoms with van der Waals surface area (Å²) in [4.78, 5) is 28.2. The molecule has 108 valence electrons. The minimum atomic E-state index is -1.02. The Balaban J connectivity index is 2.27. The SMILES string of the molecule is CCC(C)(NCc1cc(=O)n2c(C)csc2n1)C(=O)O. The van der Waals surface area contributed by atoms with Gasteiger partial charge in [0.15, 0.2) is 4.96 Å². The highest BCUT2D eigenvalue weighted by Crippen LogP contribution is 2.13. The average Bonchev–Trinajstić information content (AvgIpc) is 2.78. The molecule has 0 bridgehead atoms. The maximum Gasteiger partial charge on any atom is 0.323 e. The van der Waals surface area contributed by atoms with Crippen molar-refractivity contribution in [2.45, 2.75) is 39.3 Å². The van der Waals surface area contributed by atoms with Crippen molar-refractivity contribution in [3.63, 3.8) is 0 Å². The molecule has 2 rings (SSSR count). The lowest BCUT2D eigenvalue weighted by molar-refractivity contribution is -0.144. The molecule has 0 aliphatic heterocycles. The van der Waals surface area contributed by atoms with E-state index in [0.717, 1.165) is 5.69 Å². The maximum atomic E-state index is 12.0. The van der Waals surface area contributed by atoms with Gasteiger partial charge in [0.1, 0.15) is 5.54 Å². The van der Waals surface area contributed by atoms with Crippen LogP contribution >= 0.6 is 11.3 Å². The highest BCUT2D eigenvalue weighted by atomic mass is 32.1. The maximum absolute atomic E-state index is 12.0. The van der Waals surface area contributed by atoms with Crippen LogP contribution in [0.1, 0.15) is 31.7 Å². The van der Waals surface area contributed by atoms with Crippen molar-refractivity contribution < 1.29 is 9.90 Å². The van der Waals surface area contributed by atoms with Crippen molar-refractivity contribution in [1.82, 2.24) is 14.7 Å². The summed E-state index contributed by atoms with van der Waals surface area (Å²) in [6.45, 7) is 5.52. The molecule has 2 N–H and O–H groups in total. The first-order chi connectivity index (χ1) is 9.37. The van der Waals surface area contributed by atoms with Gasteiger partial charge in [-0.1, -0.05) is 6.92 Å². The predicted molar refractivity (Wildman–Crippen MR) is 77.2 cm³/mol. The van der Waals surface area contributed by atoms with Gasteiger partial charge in [-0.05, 0) is 20.3 Å². The van der Waals surface area contributed by atoms with E-state index in [2.05, 4.69) is 10.3 Å². The second kappa shape index (κ2) is 5.34. The number of nitrogens with one attached hydrogen (secondary N) is 1. The van der Waals surface area contributed by atoms with Gasteiger partial charge in [-0.3, -0.25) is 19.3 Å². The number of carboxylic acid groups (broad SMARTS) is 1. The van der Waals surface area contributed by atoms with Crippen molar-refractivity contribution >= 4 is 22.3 Å². The summed E-state index contributed by atoms with van der Waals surface area (Å²) >= 11 is 1.40. The van der Waals surface area contributed by atoms with Crippen LogP contribution in [0, 0.1) is 6.92 Å². The van der Waals surface area contributed by atoms with Gasteiger partial charge < -0.3 is 5.11 Å². The molecule has 2 aromatic rings. The van der Waals surface area contributed by atoms with E-state index in [1.165, 1.54) is 17.4 Å². The number of thiazole rings is 1. The number of nitrogens with zero attached hydrogens (tertiary/aromatic N) is 2. The lowest BCUT2D eigenvalue weighted by atomic mass is 9.99. The Morgan fingerprint density at radius 2 is 2.30 bits per heavy atom. The molecular weight excluding hydrogens is 278 g/mol. The number of hydrogen-bond donors (Lipinski definition) is 2. The van der Waals surface area contributed by atoms with Crippen LogP contribution in [-0.4, -0.2) is 26.0 Å². The van der Waals surface area contributed by atoms with Crippen LogP contribution in [0.5, 0.6) is 0 Å². The molecule has 0 aromatic carbocycles. The van der Waals surface area contributed by atoms with Crippen LogP contribution < -0.4 is 10.9 Å². The molecule has 20 heavy (non-hydrogen) atoms. The summed E-state index contributed by atoms with van der Waals surface area (Å²) in [5.41, 5.74) is 0.251. The number of fused-ring (bicyclic) bond motifs is 1. The third kappa shape index (κ3) is 2.59. The molecule has 0 saturated carbocycles. The smallest absolute Gasteiger partial charge is 0.323 e. The number of aryl methyl sites for hydroxylation is 1. The fraction of sp³-hybridized carbons (Fsp3) is 0.462. The van der Waals surface area contributed by atoms with Gasteiger partial charge in [0.05, 0.1) is 5.69 Å². The molecule has 0 fully saturated rings. The quantitative estimate of drug-likeness (QED) is 0.871. The molecule has 0 saturated heterocycles. The third-order valence-corrected chi connectivity index (χ3v) is 4.41. The van der Waals surface area contributed by atoms with Crippen LogP contribution in [-0.2, 0) is 11.3 Å². The van der Waals surface area contributed by atoms with E-state index in [0.29, 0.717) is 17.1 Å². The van der Waals surface area contributed by atoms with Gasteiger partial charge in [-0.25, -0.2) is 4.98 Å². The van der Waals surface area contributed by atoms with Gasteiger partial charge in [0, 0.05) is 23.7 Å². The zero-order chi connectivity index (χ0) is 14.9. The number of rotatable bonds is 5. The monoisotopic (exact) mass is 295 g/mol. The number of hydrogen-bond acceptors (Lipinski definition) is 5. The van der Waals surface area contributed by atoms with E-state index in [1.807, 2.05) is 12.3 Å². The first-order valence-electron chi connectivity index (χ1n) is 6.32. The Kier molecular flexibility index (Phi) is 3.92. The van der Waals surface area contributed by atoms with Crippen molar-refractivity contribution in [1.29, 1.82) is 0 Å². The summed E-state index contributed by atoms with van der Waals surface area (Å²) in [6.07, 6.45) is 0.446. The van der Waals surface area contributed by atoms with Gasteiger partial charge in [0.25, 0.3) is 5.56 Å². The van der Waals surface area contributed by atoms with Gasteiger partial charge in [-0.15, -0.1) is 11.3 Å². The minimum absolute atomic E-state index is 0.140. The molecule has 0 radical (unpaired) electrons. The van der Waals surface area contributed by atoms with Gasteiger partial charge >= 0.3 is 5.97 Å². The van der Waals surface area contributed by atoms with Gasteiger partial charge in [-0.2, -0.15) is 0 Å². The largest absolute Gasteiger partial charge is 0.480 e. The average molecular weight is 295 g/mol. The highest BCUT2D eigenvalue weighted by molar-refractivity contribution is 7.15. The first kappa shape index (κ1) is 14.7. The molecular formula is C13H17N3O3S. The molecule has 0 aliphatic rings. The topological polar surface area (TPSA) is 83.7 Å². The molecule has 0 amide bonds. The van der Waals surface area contributed by atoms with Crippen LogP contribution in [0.3, 0.4) is 0 Å². The summed E-state index contributed by atoms with van der Waals surface area (Å²) in [5.74, 6) is -0.912. The molecule has 2 heterocycles. The zero-order valence-electron chi connectivity index (χ0n) is 11.6. The molecule has 7 heteroatoms. The minimum Gasteiger partial charge on any atom is -0.480 e. The van der Waals surface area contributed by atoms with Crippen LogP contribution in [0.15, 0.2) is 16.2 Å². The lowest BCUT2D eigenvalue weighted by Crippen LogP contribution is -2.48. The number of aliphatic carboxylic acids is 1. The van der Waals surface area contributed by atoms with E-state index in [9.17, 15) is 14.7 Å². The Morgan fingerprint density at radius 3 is 2.90 bits per heavy atom. The molecule has 1 unspecified atom stereocenters. The Labute approximate surface area is 120 Å². The van der Waals surface area contributed by atoms with E-state index >= 15 is 0 Å². The molecule has 0 spiro atoms. The summed E-state index contributed by atoms with van der Waals surface area (Å²) in [7, 11) is 0. The Hall–Kier alpha value is -1.73. The zero-order valence-corrected chi connectivity index (χ0v) is 12.5. The van der Waals surface area contributed by atoms with Crippen LogP contribution in [0.2, 0.25) is 0 Å². The van der Waals surface area contributed by atoms with Crippen LogP contribution in [0.4, 0.5) is 0 Å².